The van der Waals surface area contributed by atoms with E-state index in [1.165, 1.54) is 18.2 Å². The lowest BCUT2D eigenvalue weighted by molar-refractivity contribution is -0.138. The van der Waals surface area contributed by atoms with Gasteiger partial charge >= 0.3 is 12.1 Å². The molecule has 0 saturated carbocycles. The number of rotatable bonds is 6. The molecule has 0 spiro atoms. The highest BCUT2D eigenvalue weighted by Gasteiger charge is 2.34. The number of carboxylic acid groups (broad SMARTS) is 1. The van der Waals surface area contributed by atoms with Gasteiger partial charge in [-0.1, -0.05) is 24.3 Å². The van der Waals surface area contributed by atoms with E-state index in [1.807, 2.05) is 0 Å². The molecule has 2 rings (SSSR count). The third-order valence-corrected chi connectivity index (χ3v) is 3.86. The van der Waals surface area contributed by atoms with Crippen LogP contribution in [0.15, 0.2) is 30.5 Å². The molecule has 0 aliphatic carbocycles. The predicted molar refractivity (Wildman–Crippen MR) is 84.8 cm³/mol. The summed E-state index contributed by atoms with van der Waals surface area (Å²) in [5.74, 6) is -1.91. The summed E-state index contributed by atoms with van der Waals surface area (Å²) >= 11 is 0. The second kappa shape index (κ2) is 7.54. The van der Waals surface area contributed by atoms with Gasteiger partial charge in [-0.2, -0.15) is 13.2 Å². The molecule has 0 fully saturated rings. The average molecular weight is 370 g/mol. The minimum atomic E-state index is -4.60. The van der Waals surface area contributed by atoms with Crippen molar-refractivity contribution in [3.8, 4) is 5.69 Å². The Bertz CT molecular complexity index is 804. The number of carboxylic acids is 1. The van der Waals surface area contributed by atoms with Crippen molar-refractivity contribution in [2.45, 2.75) is 32.5 Å². The molecule has 26 heavy (non-hydrogen) atoms. The van der Waals surface area contributed by atoms with Crippen LogP contribution in [0.2, 0.25) is 0 Å². The number of para-hydroxylation sites is 1. The molecule has 0 bridgehead atoms. The summed E-state index contributed by atoms with van der Waals surface area (Å²) in [4.78, 5) is 24.6. The zero-order valence-electron chi connectivity index (χ0n) is 14.1. The van der Waals surface area contributed by atoms with Gasteiger partial charge in [-0.3, -0.25) is 9.59 Å². The van der Waals surface area contributed by atoms with E-state index in [2.05, 4.69) is 10.3 Å². The summed E-state index contributed by atoms with van der Waals surface area (Å²) in [6.45, 7) is 2.91. The number of aliphatic carboxylic acids is 1. The average Bonchev–Trinajstić information content (AvgIpc) is 3.07. The normalized spacial score (nSPS) is 12.7. The molecule has 0 saturated heterocycles. The molecule has 10 heteroatoms. The largest absolute Gasteiger partial charge is 0.480 e. The van der Waals surface area contributed by atoms with E-state index >= 15 is 0 Å². The summed E-state index contributed by atoms with van der Waals surface area (Å²) in [6.07, 6.45) is -3.03. The molecule has 1 heterocycles. The number of nitrogens with zero attached hydrogens (tertiary/aromatic N) is 4. The van der Waals surface area contributed by atoms with Crippen LogP contribution in [0.3, 0.4) is 0 Å². The number of carbonyl (C=O) groups is 2. The van der Waals surface area contributed by atoms with Gasteiger partial charge in [-0.15, -0.1) is 5.10 Å². The molecular formula is C16H17F3N4O3. The van der Waals surface area contributed by atoms with Gasteiger partial charge in [-0.05, 0) is 25.5 Å². The Balaban J connectivity index is 2.38. The third-order valence-electron chi connectivity index (χ3n) is 3.86. The third kappa shape index (κ3) is 4.19. The van der Waals surface area contributed by atoms with Crippen LogP contribution in [0, 0.1) is 0 Å². The lowest BCUT2D eigenvalue weighted by Gasteiger charge is -2.25. The van der Waals surface area contributed by atoms with Gasteiger partial charge < -0.3 is 10.0 Å². The fourth-order valence-electron chi connectivity index (χ4n) is 2.33. The maximum Gasteiger partial charge on any atom is 0.418 e. The predicted octanol–water partition coefficient (Wildman–Crippen LogP) is 2.61. The summed E-state index contributed by atoms with van der Waals surface area (Å²) < 4.78 is 40.2. The first-order valence-electron chi connectivity index (χ1n) is 7.76. The van der Waals surface area contributed by atoms with Crippen LogP contribution in [-0.2, 0) is 11.0 Å². The SMILES string of the molecule is CCC(C)N(CC(=O)O)C(=O)c1cn(-c2ccccc2C(F)(F)F)nn1. The number of halogens is 3. The van der Waals surface area contributed by atoms with Crippen LogP contribution in [0.25, 0.3) is 5.69 Å². The van der Waals surface area contributed by atoms with Gasteiger partial charge in [0.05, 0.1) is 17.4 Å². The van der Waals surface area contributed by atoms with Crippen molar-refractivity contribution >= 4 is 11.9 Å². The standard InChI is InChI=1S/C16H17F3N4O3/c1-3-10(2)22(9-14(24)25)15(26)12-8-23(21-20-12)13-7-5-4-6-11(13)16(17,18)19/h4-8,10H,3,9H2,1-2H3,(H,24,25). The van der Waals surface area contributed by atoms with Gasteiger partial charge in [0.15, 0.2) is 5.69 Å². The maximum absolute atomic E-state index is 13.1. The summed E-state index contributed by atoms with van der Waals surface area (Å²) in [7, 11) is 0. The first kappa shape index (κ1) is 19.4. The Morgan fingerprint density at radius 2 is 1.96 bits per heavy atom. The molecule has 1 atom stereocenters. The zero-order chi connectivity index (χ0) is 19.5. The van der Waals surface area contributed by atoms with Crippen molar-refractivity contribution in [2.24, 2.45) is 0 Å². The summed E-state index contributed by atoms with van der Waals surface area (Å²) in [5, 5.41) is 16.2. The van der Waals surface area contributed by atoms with E-state index in [9.17, 15) is 22.8 Å². The first-order valence-corrected chi connectivity index (χ1v) is 7.76. The highest BCUT2D eigenvalue weighted by Crippen LogP contribution is 2.33. The number of benzene rings is 1. The number of hydrogen-bond donors (Lipinski definition) is 1. The molecule has 140 valence electrons. The zero-order valence-corrected chi connectivity index (χ0v) is 14.1. The first-order chi connectivity index (χ1) is 12.1. The Labute approximate surface area is 147 Å². The van der Waals surface area contributed by atoms with Crippen LogP contribution >= 0.6 is 0 Å². The second-order valence-electron chi connectivity index (χ2n) is 5.65. The lowest BCUT2D eigenvalue weighted by Crippen LogP contribution is -2.42. The van der Waals surface area contributed by atoms with Gasteiger partial charge in [0.1, 0.15) is 6.54 Å². The molecule has 1 unspecified atom stereocenters. The van der Waals surface area contributed by atoms with Crippen molar-refractivity contribution in [1.29, 1.82) is 0 Å². The van der Waals surface area contributed by atoms with Crippen molar-refractivity contribution in [3.05, 3.63) is 41.7 Å². The molecule has 0 radical (unpaired) electrons. The van der Waals surface area contributed by atoms with Crippen LogP contribution in [-0.4, -0.2) is 49.5 Å². The van der Waals surface area contributed by atoms with E-state index in [1.54, 1.807) is 13.8 Å². The van der Waals surface area contributed by atoms with Crippen LogP contribution in [0.5, 0.6) is 0 Å². The van der Waals surface area contributed by atoms with Crippen molar-refractivity contribution in [1.82, 2.24) is 19.9 Å². The van der Waals surface area contributed by atoms with E-state index in [-0.39, 0.29) is 17.4 Å². The van der Waals surface area contributed by atoms with Gasteiger partial charge in [0, 0.05) is 6.04 Å². The molecule has 7 nitrogen and oxygen atoms in total. The molecule has 1 aromatic carbocycles. The number of alkyl halides is 3. The number of amides is 1. The monoisotopic (exact) mass is 370 g/mol. The number of carbonyl (C=O) groups excluding carboxylic acids is 1. The van der Waals surface area contributed by atoms with E-state index in [0.29, 0.717) is 6.42 Å². The van der Waals surface area contributed by atoms with Crippen LogP contribution < -0.4 is 0 Å². The number of hydrogen-bond acceptors (Lipinski definition) is 4. The van der Waals surface area contributed by atoms with Crippen molar-refractivity contribution < 1.29 is 27.9 Å². The van der Waals surface area contributed by atoms with E-state index in [4.69, 9.17) is 5.11 Å². The Kier molecular flexibility index (Phi) is 5.63. The lowest BCUT2D eigenvalue weighted by atomic mass is 10.1. The summed E-state index contributed by atoms with van der Waals surface area (Å²) in [6, 6.07) is 4.37. The molecule has 0 aliphatic heterocycles. The highest BCUT2D eigenvalue weighted by atomic mass is 19.4. The molecule has 2 aromatic rings. The summed E-state index contributed by atoms with van der Waals surface area (Å²) in [5.41, 5.74) is -1.43. The minimum Gasteiger partial charge on any atom is -0.480 e. The van der Waals surface area contributed by atoms with Crippen molar-refractivity contribution in [2.75, 3.05) is 6.54 Å². The van der Waals surface area contributed by atoms with E-state index < -0.39 is 30.2 Å². The second-order valence-corrected chi connectivity index (χ2v) is 5.65. The van der Waals surface area contributed by atoms with Crippen molar-refractivity contribution in [3.63, 3.8) is 0 Å². The molecule has 1 aromatic heterocycles. The Morgan fingerprint density at radius 3 is 2.54 bits per heavy atom. The minimum absolute atomic E-state index is 0.233. The Hall–Kier alpha value is -2.91. The fraction of sp³-hybridized carbons (Fsp3) is 0.375. The molecule has 1 N–H and O–H groups in total. The molecule has 0 aliphatic rings. The maximum atomic E-state index is 13.1. The number of aromatic nitrogens is 3. The fourth-order valence-corrected chi connectivity index (χ4v) is 2.33. The molecular weight excluding hydrogens is 353 g/mol. The smallest absolute Gasteiger partial charge is 0.418 e. The quantitative estimate of drug-likeness (QED) is 0.844. The topological polar surface area (TPSA) is 88.3 Å². The van der Waals surface area contributed by atoms with Gasteiger partial charge in [-0.25, -0.2) is 4.68 Å². The van der Waals surface area contributed by atoms with Crippen LogP contribution in [0.1, 0.15) is 36.3 Å². The molecule has 1 amide bonds. The Morgan fingerprint density at radius 1 is 1.31 bits per heavy atom. The van der Waals surface area contributed by atoms with Gasteiger partial charge in [0.25, 0.3) is 5.91 Å². The highest BCUT2D eigenvalue weighted by molar-refractivity contribution is 5.94. The van der Waals surface area contributed by atoms with Gasteiger partial charge in [0.2, 0.25) is 0 Å². The van der Waals surface area contributed by atoms with Crippen LogP contribution in [0.4, 0.5) is 13.2 Å². The van der Waals surface area contributed by atoms with E-state index in [0.717, 1.165) is 21.8 Å².